The molecule has 1 aromatic rings. The van der Waals surface area contributed by atoms with Crippen molar-refractivity contribution in [3.63, 3.8) is 0 Å². The summed E-state index contributed by atoms with van der Waals surface area (Å²) in [5, 5.41) is 2.71. The van der Waals surface area contributed by atoms with Gasteiger partial charge in [0.15, 0.2) is 11.8 Å². The molecule has 1 unspecified atom stereocenters. The fourth-order valence-electron chi connectivity index (χ4n) is 2.58. The number of carbonyl (C=O) groups excluding carboxylic acids is 1. The Kier molecular flexibility index (Phi) is 7.09. The van der Waals surface area contributed by atoms with Gasteiger partial charge in [-0.3, -0.25) is 4.79 Å². The largest absolute Gasteiger partial charge is 0.497 e. The summed E-state index contributed by atoms with van der Waals surface area (Å²) >= 11 is 0. The van der Waals surface area contributed by atoms with Crippen LogP contribution in [0.3, 0.4) is 0 Å². The van der Waals surface area contributed by atoms with Crippen LogP contribution in [0.25, 0.3) is 0 Å². The molecular formula is C18H29N2O2+. The van der Waals surface area contributed by atoms with Crippen LogP contribution in [-0.2, 0) is 4.79 Å². The minimum Gasteiger partial charge on any atom is -0.497 e. The Morgan fingerprint density at radius 2 is 1.68 bits per heavy atom. The van der Waals surface area contributed by atoms with Crippen molar-refractivity contribution in [1.29, 1.82) is 0 Å². The standard InChI is InChI=1S/C18H28N2O2/c1-12(2)18(13(3)4)20-16(11-17(21)19-5)14-7-9-15(22-6)10-8-14/h7-10,12-13,16H,11H2,1-6H3,(H,19,21)/p+1. The van der Waals surface area contributed by atoms with Gasteiger partial charge in [-0.25, -0.2) is 4.99 Å². The van der Waals surface area contributed by atoms with Crippen LogP contribution in [0.5, 0.6) is 5.75 Å². The fraction of sp³-hybridized carbons (Fsp3) is 0.556. The third kappa shape index (κ3) is 5.17. The van der Waals surface area contributed by atoms with Gasteiger partial charge in [-0.2, -0.15) is 0 Å². The van der Waals surface area contributed by atoms with E-state index in [1.165, 1.54) is 5.71 Å². The lowest BCUT2D eigenvalue weighted by Gasteiger charge is -2.14. The fourth-order valence-corrected chi connectivity index (χ4v) is 2.58. The summed E-state index contributed by atoms with van der Waals surface area (Å²) in [6.07, 6.45) is 0.409. The van der Waals surface area contributed by atoms with Crippen molar-refractivity contribution >= 4 is 11.6 Å². The molecule has 1 rings (SSSR count). The lowest BCUT2D eigenvalue weighted by Crippen LogP contribution is -2.77. The molecule has 0 heterocycles. The normalized spacial score (nSPS) is 12.2. The molecule has 0 aliphatic carbocycles. The van der Waals surface area contributed by atoms with E-state index in [4.69, 9.17) is 4.74 Å². The lowest BCUT2D eigenvalue weighted by molar-refractivity contribution is -0.513. The maximum absolute atomic E-state index is 11.9. The molecule has 22 heavy (non-hydrogen) atoms. The summed E-state index contributed by atoms with van der Waals surface area (Å²) in [6.45, 7) is 8.70. The second-order valence-corrected chi connectivity index (χ2v) is 6.11. The highest BCUT2D eigenvalue weighted by molar-refractivity contribution is 5.82. The monoisotopic (exact) mass is 305 g/mol. The molecule has 0 radical (unpaired) electrons. The number of hydrogen-bond donors (Lipinski definition) is 2. The molecule has 1 aromatic carbocycles. The summed E-state index contributed by atoms with van der Waals surface area (Å²) < 4.78 is 5.20. The summed E-state index contributed by atoms with van der Waals surface area (Å²) in [4.78, 5) is 15.4. The average Bonchev–Trinajstić information content (AvgIpc) is 2.50. The highest BCUT2D eigenvalue weighted by Gasteiger charge is 2.24. The Balaban J connectivity index is 3.16. The van der Waals surface area contributed by atoms with Gasteiger partial charge in [0.2, 0.25) is 5.91 Å². The van der Waals surface area contributed by atoms with Crippen molar-refractivity contribution in [2.24, 2.45) is 11.8 Å². The second kappa shape index (κ2) is 8.57. The number of rotatable bonds is 7. The van der Waals surface area contributed by atoms with Crippen LogP contribution in [0, 0.1) is 11.8 Å². The van der Waals surface area contributed by atoms with E-state index >= 15 is 0 Å². The third-order valence-corrected chi connectivity index (χ3v) is 3.77. The Morgan fingerprint density at radius 1 is 1.14 bits per heavy atom. The van der Waals surface area contributed by atoms with E-state index in [1.807, 2.05) is 24.3 Å². The number of hydrogen-bond acceptors (Lipinski definition) is 2. The van der Waals surface area contributed by atoms with Crippen molar-refractivity contribution in [3.8, 4) is 5.75 Å². The van der Waals surface area contributed by atoms with E-state index in [0.717, 1.165) is 11.3 Å². The lowest BCUT2D eigenvalue weighted by atomic mass is 9.95. The predicted molar refractivity (Wildman–Crippen MR) is 90.1 cm³/mol. The van der Waals surface area contributed by atoms with Crippen LogP contribution in [-0.4, -0.2) is 25.8 Å². The van der Waals surface area contributed by atoms with Crippen molar-refractivity contribution in [2.75, 3.05) is 14.2 Å². The molecule has 0 fully saturated rings. The third-order valence-electron chi connectivity index (χ3n) is 3.77. The van der Waals surface area contributed by atoms with E-state index in [2.05, 4.69) is 38.0 Å². The van der Waals surface area contributed by atoms with Gasteiger partial charge in [0.25, 0.3) is 0 Å². The van der Waals surface area contributed by atoms with E-state index in [-0.39, 0.29) is 11.9 Å². The first kappa shape index (κ1) is 18.2. The van der Waals surface area contributed by atoms with Gasteiger partial charge in [0.05, 0.1) is 13.5 Å². The average molecular weight is 305 g/mol. The van der Waals surface area contributed by atoms with Gasteiger partial charge >= 0.3 is 0 Å². The van der Waals surface area contributed by atoms with Crippen LogP contribution >= 0.6 is 0 Å². The zero-order valence-corrected chi connectivity index (χ0v) is 14.6. The van der Waals surface area contributed by atoms with Gasteiger partial charge in [-0.05, 0) is 24.3 Å². The molecule has 0 aliphatic heterocycles. The van der Waals surface area contributed by atoms with E-state index < -0.39 is 0 Å². The molecule has 0 spiro atoms. The molecule has 0 saturated heterocycles. The van der Waals surface area contributed by atoms with Crippen LogP contribution < -0.4 is 15.0 Å². The van der Waals surface area contributed by atoms with E-state index in [9.17, 15) is 4.79 Å². The minimum absolute atomic E-state index is 0.0279. The predicted octanol–water partition coefficient (Wildman–Crippen LogP) is 1.71. The van der Waals surface area contributed by atoms with Crippen molar-refractivity contribution in [1.82, 2.24) is 5.32 Å². The first-order valence-corrected chi connectivity index (χ1v) is 7.86. The van der Waals surface area contributed by atoms with Gasteiger partial charge in [-0.15, -0.1) is 0 Å². The van der Waals surface area contributed by atoms with Gasteiger partial charge in [-0.1, -0.05) is 27.7 Å². The summed E-state index contributed by atoms with van der Waals surface area (Å²) in [5.41, 5.74) is 2.35. The SMILES string of the molecule is CNC(=O)CC([NH+]=C(C(C)C)C(C)C)c1ccc(OC)cc1. The summed E-state index contributed by atoms with van der Waals surface area (Å²) in [7, 11) is 3.32. The molecule has 0 aliphatic rings. The second-order valence-electron chi connectivity index (χ2n) is 6.11. The van der Waals surface area contributed by atoms with E-state index in [0.29, 0.717) is 18.3 Å². The zero-order valence-electron chi connectivity index (χ0n) is 14.6. The Morgan fingerprint density at radius 3 is 2.09 bits per heavy atom. The van der Waals surface area contributed by atoms with Crippen molar-refractivity contribution in [3.05, 3.63) is 29.8 Å². The molecule has 0 saturated carbocycles. The first-order chi connectivity index (χ1) is 10.4. The summed E-state index contributed by atoms with van der Waals surface area (Å²) in [5.74, 6) is 1.69. The first-order valence-electron chi connectivity index (χ1n) is 7.86. The topological polar surface area (TPSA) is 52.3 Å². The van der Waals surface area contributed by atoms with Crippen LogP contribution in [0.1, 0.15) is 45.7 Å². The van der Waals surface area contributed by atoms with E-state index in [1.54, 1.807) is 14.2 Å². The maximum atomic E-state index is 11.9. The van der Waals surface area contributed by atoms with Crippen molar-refractivity contribution in [2.45, 2.75) is 40.2 Å². The van der Waals surface area contributed by atoms with Crippen molar-refractivity contribution < 1.29 is 14.5 Å². The Hall–Kier alpha value is -1.84. The zero-order chi connectivity index (χ0) is 16.7. The smallest absolute Gasteiger partial charge is 0.226 e. The Bertz CT molecular complexity index is 494. The highest BCUT2D eigenvalue weighted by Crippen LogP contribution is 2.17. The Labute approximate surface area is 134 Å². The maximum Gasteiger partial charge on any atom is 0.226 e. The van der Waals surface area contributed by atoms with Crippen LogP contribution in [0.4, 0.5) is 0 Å². The van der Waals surface area contributed by atoms with Crippen LogP contribution in [0.2, 0.25) is 0 Å². The number of benzene rings is 1. The molecule has 0 aromatic heterocycles. The molecule has 2 N–H and O–H groups in total. The molecule has 1 atom stereocenters. The minimum atomic E-state index is -0.0364. The molecule has 4 heteroatoms. The molecule has 122 valence electrons. The number of methoxy groups -OCH3 is 1. The molecule has 0 bridgehead atoms. The number of amides is 1. The quantitative estimate of drug-likeness (QED) is 0.754. The number of carbonyl (C=O) groups is 1. The highest BCUT2D eigenvalue weighted by atomic mass is 16.5. The van der Waals surface area contributed by atoms with Gasteiger partial charge < -0.3 is 10.1 Å². The van der Waals surface area contributed by atoms with Gasteiger partial charge in [0.1, 0.15) is 5.75 Å². The van der Waals surface area contributed by atoms with Crippen LogP contribution in [0.15, 0.2) is 24.3 Å². The summed E-state index contributed by atoms with van der Waals surface area (Å²) in [6, 6.07) is 7.84. The number of nitrogens with one attached hydrogen (secondary N) is 2. The van der Waals surface area contributed by atoms with Gasteiger partial charge in [0, 0.05) is 24.4 Å². The molecule has 4 nitrogen and oxygen atoms in total. The number of ether oxygens (including phenoxy) is 1. The molecule has 1 amide bonds. The molecular weight excluding hydrogens is 276 g/mol.